The van der Waals surface area contributed by atoms with Crippen LogP contribution in [-0.4, -0.2) is 35.8 Å². The molecule has 1 aromatic heterocycles. The summed E-state index contributed by atoms with van der Waals surface area (Å²) in [6.45, 7) is 3.30. The summed E-state index contributed by atoms with van der Waals surface area (Å²) < 4.78 is 5.19. The molecule has 1 fully saturated rings. The molecule has 0 N–H and O–H groups in total. The third kappa shape index (κ3) is 2.84. The van der Waals surface area contributed by atoms with Crippen molar-refractivity contribution in [1.82, 2.24) is 4.90 Å². The van der Waals surface area contributed by atoms with Crippen molar-refractivity contribution in [2.45, 2.75) is 32.2 Å². The van der Waals surface area contributed by atoms with Crippen molar-refractivity contribution in [2.24, 2.45) is 5.92 Å². The van der Waals surface area contributed by atoms with Crippen LogP contribution < -0.4 is 4.90 Å². The average molecular weight is 338 g/mol. The van der Waals surface area contributed by atoms with Crippen LogP contribution in [0.5, 0.6) is 0 Å². The molecule has 0 aliphatic carbocycles. The van der Waals surface area contributed by atoms with E-state index in [9.17, 15) is 9.59 Å². The zero-order valence-corrected chi connectivity index (χ0v) is 14.4. The predicted octanol–water partition coefficient (Wildman–Crippen LogP) is 3.11. The SMILES string of the molecule is CC1Cc2ccccc2N1C(=O)C1CCN(C(=O)c2ccco2)CC1. The second-order valence-corrected chi connectivity index (χ2v) is 6.93. The summed E-state index contributed by atoms with van der Waals surface area (Å²) in [5.74, 6) is 0.458. The molecule has 0 saturated carbocycles. The highest BCUT2D eigenvalue weighted by molar-refractivity contribution is 5.98. The first-order valence-corrected chi connectivity index (χ1v) is 8.89. The fourth-order valence-electron chi connectivity index (χ4n) is 3.98. The van der Waals surface area contributed by atoms with Gasteiger partial charge in [0.15, 0.2) is 5.76 Å². The number of amides is 2. The van der Waals surface area contributed by atoms with Crippen molar-refractivity contribution in [2.75, 3.05) is 18.0 Å². The molecule has 1 aromatic carbocycles. The number of para-hydroxylation sites is 1. The van der Waals surface area contributed by atoms with Gasteiger partial charge in [0, 0.05) is 30.7 Å². The topological polar surface area (TPSA) is 53.8 Å². The van der Waals surface area contributed by atoms with Gasteiger partial charge in [0.1, 0.15) is 0 Å². The Morgan fingerprint density at radius 1 is 1.08 bits per heavy atom. The highest BCUT2D eigenvalue weighted by Gasteiger charge is 2.36. The van der Waals surface area contributed by atoms with Gasteiger partial charge in [0.2, 0.25) is 5.91 Å². The van der Waals surface area contributed by atoms with Crippen LogP contribution in [0, 0.1) is 5.92 Å². The first kappa shape index (κ1) is 15.9. The molecular formula is C20H22N2O3. The number of anilines is 1. The summed E-state index contributed by atoms with van der Waals surface area (Å²) >= 11 is 0. The van der Waals surface area contributed by atoms with Crippen molar-refractivity contribution >= 4 is 17.5 Å². The van der Waals surface area contributed by atoms with E-state index in [0.29, 0.717) is 31.7 Å². The minimum absolute atomic E-state index is 0.0192. The fourth-order valence-corrected chi connectivity index (χ4v) is 3.98. The Kier molecular flexibility index (Phi) is 4.07. The molecule has 130 valence electrons. The second-order valence-electron chi connectivity index (χ2n) is 6.93. The van der Waals surface area contributed by atoms with Crippen LogP contribution in [0.2, 0.25) is 0 Å². The number of rotatable bonds is 2. The van der Waals surface area contributed by atoms with Crippen molar-refractivity contribution in [3.63, 3.8) is 0 Å². The van der Waals surface area contributed by atoms with Crippen molar-refractivity contribution < 1.29 is 14.0 Å². The van der Waals surface area contributed by atoms with Gasteiger partial charge in [-0.15, -0.1) is 0 Å². The maximum Gasteiger partial charge on any atom is 0.289 e. The summed E-state index contributed by atoms with van der Waals surface area (Å²) in [5.41, 5.74) is 2.29. The van der Waals surface area contributed by atoms with Gasteiger partial charge in [0.05, 0.1) is 6.26 Å². The second kappa shape index (κ2) is 6.39. The number of likely N-dealkylation sites (tertiary alicyclic amines) is 1. The van der Waals surface area contributed by atoms with E-state index in [4.69, 9.17) is 4.42 Å². The molecule has 5 nitrogen and oxygen atoms in total. The maximum absolute atomic E-state index is 13.1. The third-order valence-corrected chi connectivity index (χ3v) is 5.31. The van der Waals surface area contributed by atoms with Crippen molar-refractivity contribution in [3.8, 4) is 0 Å². The Balaban J connectivity index is 1.43. The lowest BCUT2D eigenvalue weighted by Gasteiger charge is -2.34. The molecule has 2 amide bonds. The van der Waals surface area contributed by atoms with Gasteiger partial charge in [-0.2, -0.15) is 0 Å². The molecule has 0 bridgehead atoms. The van der Waals surface area contributed by atoms with E-state index < -0.39 is 0 Å². The van der Waals surface area contributed by atoms with Crippen LogP contribution in [-0.2, 0) is 11.2 Å². The molecule has 1 saturated heterocycles. The maximum atomic E-state index is 13.1. The van der Waals surface area contributed by atoms with E-state index in [2.05, 4.69) is 13.0 Å². The third-order valence-electron chi connectivity index (χ3n) is 5.31. The average Bonchev–Trinajstić information content (AvgIpc) is 3.27. The summed E-state index contributed by atoms with van der Waals surface area (Å²) in [6.07, 6.45) is 3.83. The Morgan fingerprint density at radius 3 is 2.56 bits per heavy atom. The molecule has 2 aliphatic heterocycles. The summed E-state index contributed by atoms with van der Waals surface area (Å²) in [7, 11) is 0. The number of hydrogen-bond acceptors (Lipinski definition) is 3. The number of furan rings is 1. The van der Waals surface area contributed by atoms with Crippen LogP contribution in [0.4, 0.5) is 5.69 Å². The smallest absolute Gasteiger partial charge is 0.289 e. The molecule has 1 atom stereocenters. The summed E-state index contributed by atoms with van der Waals surface area (Å²) in [6, 6.07) is 11.8. The van der Waals surface area contributed by atoms with Crippen LogP contribution in [0.25, 0.3) is 0 Å². The molecule has 1 unspecified atom stereocenters. The van der Waals surface area contributed by atoms with Crippen molar-refractivity contribution in [3.05, 3.63) is 54.0 Å². The highest BCUT2D eigenvalue weighted by Crippen LogP contribution is 2.34. The van der Waals surface area contributed by atoms with Crippen LogP contribution in [0.3, 0.4) is 0 Å². The van der Waals surface area contributed by atoms with Crippen LogP contribution in [0.1, 0.15) is 35.9 Å². The van der Waals surface area contributed by atoms with Gasteiger partial charge >= 0.3 is 0 Å². The number of fused-ring (bicyclic) bond motifs is 1. The summed E-state index contributed by atoms with van der Waals surface area (Å²) in [4.78, 5) is 29.2. The van der Waals surface area contributed by atoms with E-state index in [1.54, 1.807) is 17.0 Å². The minimum Gasteiger partial charge on any atom is -0.459 e. The number of hydrogen-bond donors (Lipinski definition) is 0. The van der Waals surface area contributed by atoms with Gasteiger partial charge < -0.3 is 14.2 Å². The minimum atomic E-state index is -0.0872. The molecule has 2 aromatic rings. The normalized spacial score (nSPS) is 20.6. The highest BCUT2D eigenvalue weighted by atomic mass is 16.3. The number of carbonyl (C=O) groups is 2. The molecule has 0 spiro atoms. The van der Waals surface area contributed by atoms with E-state index in [1.807, 2.05) is 23.1 Å². The number of benzene rings is 1. The molecular weight excluding hydrogens is 316 g/mol. The first-order valence-electron chi connectivity index (χ1n) is 8.89. The zero-order chi connectivity index (χ0) is 17.4. The van der Waals surface area contributed by atoms with E-state index in [0.717, 1.165) is 12.1 Å². The summed E-state index contributed by atoms with van der Waals surface area (Å²) in [5, 5.41) is 0. The number of carbonyl (C=O) groups excluding carboxylic acids is 2. The van der Waals surface area contributed by atoms with Gasteiger partial charge in [0.25, 0.3) is 5.91 Å². The van der Waals surface area contributed by atoms with E-state index in [1.165, 1.54) is 11.8 Å². The molecule has 25 heavy (non-hydrogen) atoms. The predicted molar refractivity (Wildman–Crippen MR) is 94.4 cm³/mol. The Bertz CT molecular complexity index is 776. The Hall–Kier alpha value is -2.56. The lowest BCUT2D eigenvalue weighted by molar-refractivity contribution is -0.124. The monoisotopic (exact) mass is 338 g/mol. The van der Waals surface area contributed by atoms with Crippen molar-refractivity contribution in [1.29, 1.82) is 0 Å². The molecule has 3 heterocycles. The van der Waals surface area contributed by atoms with Crippen LogP contribution in [0.15, 0.2) is 47.1 Å². The molecule has 0 radical (unpaired) electrons. The standard InChI is InChI=1S/C20H22N2O3/c1-14-13-16-5-2-3-6-17(16)22(14)19(23)15-8-10-21(11-9-15)20(24)18-7-4-12-25-18/h2-7,12,14-15H,8-11,13H2,1H3. The Labute approximate surface area is 147 Å². The number of piperidine rings is 1. The van der Waals surface area contributed by atoms with E-state index in [-0.39, 0.29) is 23.8 Å². The molecule has 5 heteroatoms. The first-order chi connectivity index (χ1) is 12.1. The lowest BCUT2D eigenvalue weighted by atomic mass is 9.94. The van der Waals surface area contributed by atoms with E-state index >= 15 is 0 Å². The van der Waals surface area contributed by atoms with Gasteiger partial charge in [-0.3, -0.25) is 9.59 Å². The number of nitrogens with zero attached hydrogens (tertiary/aromatic N) is 2. The largest absolute Gasteiger partial charge is 0.459 e. The van der Waals surface area contributed by atoms with Crippen LogP contribution >= 0.6 is 0 Å². The van der Waals surface area contributed by atoms with Gasteiger partial charge in [-0.1, -0.05) is 18.2 Å². The Morgan fingerprint density at radius 2 is 1.84 bits per heavy atom. The van der Waals surface area contributed by atoms with Gasteiger partial charge in [-0.25, -0.2) is 0 Å². The zero-order valence-electron chi connectivity index (χ0n) is 14.4. The molecule has 2 aliphatic rings. The van der Waals surface area contributed by atoms with Gasteiger partial charge in [-0.05, 0) is 49.9 Å². The molecule has 4 rings (SSSR count). The quantitative estimate of drug-likeness (QED) is 0.845. The fraction of sp³-hybridized carbons (Fsp3) is 0.400. The lowest BCUT2D eigenvalue weighted by Crippen LogP contribution is -2.46.